The zero-order valence-electron chi connectivity index (χ0n) is 12.5. The second-order valence-electron chi connectivity index (χ2n) is 5.49. The van der Waals surface area contributed by atoms with Crippen molar-refractivity contribution in [1.29, 1.82) is 0 Å². The molecule has 0 unspecified atom stereocenters. The number of carbonyl (C=O) groups is 2. The van der Waals surface area contributed by atoms with Crippen LogP contribution >= 0.6 is 0 Å². The summed E-state index contributed by atoms with van der Waals surface area (Å²) in [4.78, 5) is 23.3. The van der Waals surface area contributed by atoms with E-state index in [0.717, 1.165) is 17.7 Å². The third kappa shape index (κ3) is 3.24. The molecule has 0 saturated heterocycles. The van der Waals surface area contributed by atoms with Gasteiger partial charge in [0, 0.05) is 12.1 Å². The first-order chi connectivity index (χ1) is 11.4. The van der Waals surface area contributed by atoms with Crippen LogP contribution < -0.4 is 10.6 Å². The maximum Gasteiger partial charge on any atom is 0.228 e. The maximum absolute atomic E-state index is 13.6. The quantitative estimate of drug-likeness (QED) is 0.847. The summed E-state index contributed by atoms with van der Waals surface area (Å²) in [6.07, 6.45) is 0.900. The summed E-state index contributed by atoms with van der Waals surface area (Å²) in [5.41, 5.74) is 1.88. The number of hydrogen-bond donors (Lipinski definition) is 2. The Morgan fingerprint density at radius 2 is 1.88 bits per heavy atom. The summed E-state index contributed by atoms with van der Waals surface area (Å²) in [6.45, 7) is 0. The Kier molecular flexibility index (Phi) is 4.24. The molecule has 3 rings (SSSR count). The van der Waals surface area contributed by atoms with Gasteiger partial charge in [0.05, 0.1) is 12.1 Å². The Bertz CT molecular complexity index is 837. The van der Waals surface area contributed by atoms with Gasteiger partial charge in [-0.15, -0.1) is 0 Å². The van der Waals surface area contributed by atoms with Gasteiger partial charge in [0.25, 0.3) is 0 Å². The SMILES string of the molecule is O=C1CCc2cc(CC(=O)Nc3ccc(F)c(F)c3F)ccc2N1. The van der Waals surface area contributed by atoms with Crippen molar-refractivity contribution in [3.8, 4) is 0 Å². The molecule has 2 aromatic rings. The van der Waals surface area contributed by atoms with Crippen LogP contribution in [-0.2, 0) is 22.4 Å². The Labute approximate surface area is 135 Å². The maximum atomic E-state index is 13.6. The van der Waals surface area contributed by atoms with E-state index in [9.17, 15) is 22.8 Å². The average molecular weight is 334 g/mol. The molecule has 2 aromatic carbocycles. The minimum Gasteiger partial charge on any atom is -0.326 e. The topological polar surface area (TPSA) is 58.2 Å². The molecule has 1 aliphatic rings. The molecule has 7 heteroatoms. The number of aryl methyl sites for hydroxylation is 1. The van der Waals surface area contributed by atoms with Crippen LogP contribution in [0.5, 0.6) is 0 Å². The van der Waals surface area contributed by atoms with E-state index in [-0.39, 0.29) is 12.3 Å². The van der Waals surface area contributed by atoms with Gasteiger partial charge in [-0.1, -0.05) is 12.1 Å². The third-order valence-corrected chi connectivity index (χ3v) is 3.74. The lowest BCUT2D eigenvalue weighted by Gasteiger charge is -2.17. The summed E-state index contributed by atoms with van der Waals surface area (Å²) in [6, 6.07) is 6.87. The number of halogens is 3. The summed E-state index contributed by atoms with van der Waals surface area (Å²) < 4.78 is 39.6. The van der Waals surface area contributed by atoms with Gasteiger partial charge in [-0.05, 0) is 35.7 Å². The standard InChI is InChI=1S/C17H13F3N2O2/c18-11-3-5-13(17(20)16(11)19)22-15(24)8-9-1-4-12-10(7-9)2-6-14(23)21-12/h1,3-5,7H,2,6,8H2,(H,21,23)(H,22,24). The fourth-order valence-electron chi connectivity index (χ4n) is 2.55. The van der Waals surface area contributed by atoms with Crippen LogP contribution in [0.4, 0.5) is 24.5 Å². The smallest absolute Gasteiger partial charge is 0.228 e. The minimum atomic E-state index is -1.63. The van der Waals surface area contributed by atoms with E-state index in [1.807, 2.05) is 0 Å². The molecule has 0 aromatic heterocycles. The molecule has 124 valence electrons. The van der Waals surface area contributed by atoms with Crippen molar-refractivity contribution < 1.29 is 22.8 Å². The van der Waals surface area contributed by atoms with E-state index in [4.69, 9.17) is 0 Å². The first kappa shape index (κ1) is 16.0. The minimum absolute atomic E-state index is 0.0539. The summed E-state index contributed by atoms with van der Waals surface area (Å²) in [7, 11) is 0. The number of hydrogen-bond acceptors (Lipinski definition) is 2. The van der Waals surface area contributed by atoms with Crippen LogP contribution in [0.2, 0.25) is 0 Å². The van der Waals surface area contributed by atoms with Crippen LogP contribution in [0.25, 0.3) is 0 Å². The van der Waals surface area contributed by atoms with Gasteiger partial charge >= 0.3 is 0 Å². The van der Waals surface area contributed by atoms with Crippen LogP contribution in [0.1, 0.15) is 17.5 Å². The molecule has 0 spiro atoms. The molecule has 0 atom stereocenters. The molecule has 2 amide bonds. The predicted molar refractivity (Wildman–Crippen MR) is 82.0 cm³/mol. The second-order valence-corrected chi connectivity index (χ2v) is 5.49. The van der Waals surface area contributed by atoms with Gasteiger partial charge in [0.1, 0.15) is 0 Å². The lowest BCUT2D eigenvalue weighted by molar-refractivity contribution is -0.117. The van der Waals surface area contributed by atoms with Gasteiger partial charge in [-0.2, -0.15) is 0 Å². The molecule has 4 nitrogen and oxygen atoms in total. The monoisotopic (exact) mass is 334 g/mol. The van der Waals surface area contributed by atoms with Gasteiger partial charge < -0.3 is 10.6 Å². The van der Waals surface area contributed by atoms with E-state index in [1.54, 1.807) is 18.2 Å². The highest BCUT2D eigenvalue weighted by Crippen LogP contribution is 2.24. The van der Waals surface area contributed by atoms with Crippen LogP contribution in [0.3, 0.4) is 0 Å². The average Bonchev–Trinajstić information content (AvgIpc) is 2.55. The molecule has 1 heterocycles. The highest BCUT2D eigenvalue weighted by molar-refractivity contribution is 5.95. The first-order valence-electron chi connectivity index (χ1n) is 7.29. The molecule has 1 aliphatic heterocycles. The number of anilines is 2. The molecular formula is C17H13F3N2O2. The molecule has 2 N–H and O–H groups in total. The Hall–Kier alpha value is -2.83. The van der Waals surface area contributed by atoms with Crippen molar-refractivity contribution in [2.45, 2.75) is 19.3 Å². The zero-order chi connectivity index (χ0) is 17.3. The molecule has 24 heavy (non-hydrogen) atoms. The van der Waals surface area contributed by atoms with Gasteiger partial charge in [-0.25, -0.2) is 13.2 Å². The third-order valence-electron chi connectivity index (χ3n) is 3.74. The van der Waals surface area contributed by atoms with Gasteiger partial charge in [-0.3, -0.25) is 9.59 Å². The molecule has 0 radical (unpaired) electrons. The number of rotatable bonds is 3. The van der Waals surface area contributed by atoms with Crippen LogP contribution in [-0.4, -0.2) is 11.8 Å². The molecule has 0 fully saturated rings. The summed E-state index contributed by atoms with van der Waals surface area (Å²) in [5, 5.41) is 4.96. The van der Waals surface area contributed by atoms with Crippen molar-refractivity contribution in [3.63, 3.8) is 0 Å². The molecular weight excluding hydrogens is 321 g/mol. The van der Waals surface area contributed by atoms with Crippen LogP contribution in [0, 0.1) is 17.5 Å². The second kappa shape index (κ2) is 6.35. The van der Waals surface area contributed by atoms with E-state index < -0.39 is 29.0 Å². The van der Waals surface area contributed by atoms with Crippen molar-refractivity contribution >= 4 is 23.2 Å². The number of nitrogens with one attached hydrogen (secondary N) is 2. The van der Waals surface area contributed by atoms with Crippen molar-refractivity contribution in [1.82, 2.24) is 0 Å². The van der Waals surface area contributed by atoms with Crippen molar-refractivity contribution in [3.05, 3.63) is 58.9 Å². The van der Waals surface area contributed by atoms with Crippen molar-refractivity contribution in [2.75, 3.05) is 10.6 Å². The Morgan fingerprint density at radius 1 is 1.08 bits per heavy atom. The lowest BCUT2D eigenvalue weighted by Crippen LogP contribution is -2.20. The number of carbonyl (C=O) groups excluding carboxylic acids is 2. The number of benzene rings is 2. The van der Waals surface area contributed by atoms with E-state index in [0.29, 0.717) is 24.1 Å². The summed E-state index contributed by atoms with van der Waals surface area (Å²) >= 11 is 0. The summed E-state index contributed by atoms with van der Waals surface area (Å²) in [5.74, 6) is -4.99. The predicted octanol–water partition coefficient (Wildman–Crippen LogP) is 3.17. The van der Waals surface area contributed by atoms with Gasteiger partial charge in [0.2, 0.25) is 11.8 Å². The van der Waals surface area contributed by atoms with E-state index in [2.05, 4.69) is 10.6 Å². The fraction of sp³-hybridized carbons (Fsp3) is 0.176. The Morgan fingerprint density at radius 3 is 2.67 bits per heavy atom. The molecule has 0 bridgehead atoms. The van der Waals surface area contributed by atoms with Gasteiger partial charge in [0.15, 0.2) is 17.5 Å². The lowest BCUT2D eigenvalue weighted by atomic mass is 9.99. The molecule has 0 aliphatic carbocycles. The van der Waals surface area contributed by atoms with E-state index in [1.165, 1.54) is 0 Å². The number of amides is 2. The van der Waals surface area contributed by atoms with Crippen molar-refractivity contribution in [2.24, 2.45) is 0 Å². The normalized spacial score (nSPS) is 13.2. The highest BCUT2D eigenvalue weighted by atomic mass is 19.2. The van der Waals surface area contributed by atoms with Crippen LogP contribution in [0.15, 0.2) is 30.3 Å². The van der Waals surface area contributed by atoms with E-state index >= 15 is 0 Å². The molecule has 0 saturated carbocycles. The largest absolute Gasteiger partial charge is 0.326 e. The Balaban J connectivity index is 1.72. The first-order valence-corrected chi connectivity index (χ1v) is 7.29. The highest BCUT2D eigenvalue weighted by Gasteiger charge is 2.17. The fourth-order valence-corrected chi connectivity index (χ4v) is 2.55. The number of fused-ring (bicyclic) bond motifs is 1. The zero-order valence-corrected chi connectivity index (χ0v) is 12.5.